The largest absolute Gasteiger partial charge is 0.434 e. The Kier molecular flexibility index (Phi) is 5.22. The summed E-state index contributed by atoms with van der Waals surface area (Å²) in [6, 6.07) is 4.73. The highest BCUT2D eigenvalue weighted by molar-refractivity contribution is 7.90. The first-order chi connectivity index (χ1) is 13.2. The monoisotopic (exact) mass is 414 g/mol. The van der Waals surface area contributed by atoms with Gasteiger partial charge >= 0.3 is 6.18 Å². The first-order valence-corrected chi connectivity index (χ1v) is 9.34. The van der Waals surface area contributed by atoms with Gasteiger partial charge in [0.25, 0.3) is 10.0 Å². The third-order valence-electron chi connectivity index (χ3n) is 3.87. The Hall–Kier alpha value is -2.79. The summed E-state index contributed by atoms with van der Waals surface area (Å²) in [7, 11) is -2.91. The van der Waals surface area contributed by atoms with Crippen LogP contribution >= 0.6 is 0 Å². The fraction of sp³-hybridized carbons (Fsp3) is 0.176. The van der Waals surface area contributed by atoms with Crippen molar-refractivity contribution in [1.82, 2.24) is 19.3 Å². The van der Waals surface area contributed by atoms with E-state index in [4.69, 9.17) is 0 Å². The van der Waals surface area contributed by atoms with Gasteiger partial charge in [0.05, 0.1) is 0 Å². The second-order valence-electron chi connectivity index (χ2n) is 5.73. The summed E-state index contributed by atoms with van der Waals surface area (Å²) in [4.78, 5) is 6.71. The van der Waals surface area contributed by atoms with Gasteiger partial charge in [-0.2, -0.15) is 13.2 Å². The van der Waals surface area contributed by atoms with Crippen molar-refractivity contribution in [2.75, 3.05) is 7.05 Å². The summed E-state index contributed by atoms with van der Waals surface area (Å²) in [5.41, 5.74) is -2.91. The molecule has 0 aliphatic rings. The molecule has 0 unspecified atom stereocenters. The molecule has 11 heteroatoms. The van der Waals surface area contributed by atoms with Crippen LogP contribution in [0.3, 0.4) is 0 Å². The van der Waals surface area contributed by atoms with Crippen molar-refractivity contribution in [2.45, 2.75) is 17.6 Å². The first kappa shape index (κ1) is 20.0. The van der Waals surface area contributed by atoms with Gasteiger partial charge in [-0.3, -0.25) is 9.97 Å². The molecule has 0 bridgehead atoms. The van der Waals surface area contributed by atoms with Crippen LogP contribution in [0.15, 0.2) is 53.9 Å². The molecule has 148 valence electrons. The number of nitrogens with zero attached hydrogens (tertiary/aromatic N) is 3. The van der Waals surface area contributed by atoms with Crippen molar-refractivity contribution >= 4 is 10.0 Å². The molecule has 0 aliphatic carbocycles. The predicted octanol–water partition coefficient (Wildman–Crippen LogP) is 3.06. The Labute approximate surface area is 157 Å². The zero-order valence-corrected chi connectivity index (χ0v) is 15.2. The maximum Gasteiger partial charge on any atom is 0.434 e. The third kappa shape index (κ3) is 3.50. The van der Waals surface area contributed by atoms with Crippen molar-refractivity contribution in [3.8, 4) is 11.3 Å². The number of hydrogen-bond donors (Lipinski definition) is 1. The summed E-state index contributed by atoms with van der Waals surface area (Å²) in [6.45, 7) is -0.0873. The van der Waals surface area contributed by atoms with Crippen molar-refractivity contribution in [1.29, 1.82) is 0 Å². The van der Waals surface area contributed by atoms with E-state index in [1.165, 1.54) is 31.4 Å². The molecule has 3 rings (SSSR count). The standard InChI is InChI=1S/C17H14F4N4O2S/c1-22-8-11-10-25(28(26,27)12-4-2-6-23-9-12)15(14(11)18)13-5-3-7-24-16(13)17(19,20)21/h2-7,9-10,22H,8H2,1H3. The number of nitrogens with one attached hydrogen (secondary N) is 1. The fourth-order valence-corrected chi connectivity index (χ4v) is 4.04. The van der Waals surface area contributed by atoms with Gasteiger partial charge in [0.1, 0.15) is 10.6 Å². The lowest BCUT2D eigenvalue weighted by Gasteiger charge is -2.14. The normalized spacial score (nSPS) is 12.3. The summed E-state index contributed by atoms with van der Waals surface area (Å²) in [5.74, 6) is -1.08. The molecular weight excluding hydrogens is 400 g/mol. The van der Waals surface area contributed by atoms with Gasteiger partial charge < -0.3 is 5.32 Å². The Morgan fingerprint density at radius 3 is 2.50 bits per heavy atom. The Morgan fingerprint density at radius 1 is 1.18 bits per heavy atom. The number of hydrogen-bond acceptors (Lipinski definition) is 5. The number of aromatic nitrogens is 3. The molecule has 0 spiro atoms. The Morgan fingerprint density at radius 2 is 1.89 bits per heavy atom. The van der Waals surface area contributed by atoms with Crippen LogP contribution in [-0.4, -0.2) is 29.4 Å². The lowest BCUT2D eigenvalue weighted by molar-refractivity contribution is -0.140. The average Bonchev–Trinajstić information content (AvgIpc) is 2.99. The number of pyridine rings is 2. The number of rotatable bonds is 5. The van der Waals surface area contributed by atoms with Crippen molar-refractivity contribution in [3.63, 3.8) is 0 Å². The highest BCUT2D eigenvalue weighted by atomic mass is 32.2. The molecule has 0 fully saturated rings. The van der Waals surface area contributed by atoms with Crippen molar-refractivity contribution < 1.29 is 26.0 Å². The van der Waals surface area contributed by atoms with E-state index in [9.17, 15) is 21.6 Å². The second-order valence-corrected chi connectivity index (χ2v) is 7.55. The molecular formula is C17H14F4N4O2S. The molecule has 28 heavy (non-hydrogen) atoms. The zero-order valence-electron chi connectivity index (χ0n) is 14.4. The molecule has 3 heterocycles. The van der Waals surface area contributed by atoms with Gasteiger partial charge in [-0.25, -0.2) is 16.8 Å². The maximum atomic E-state index is 15.0. The number of halogens is 4. The minimum atomic E-state index is -4.90. The Balaban J connectivity index is 2.35. The van der Waals surface area contributed by atoms with Gasteiger partial charge in [0.2, 0.25) is 0 Å². The topological polar surface area (TPSA) is 76.9 Å². The zero-order chi connectivity index (χ0) is 20.5. The quantitative estimate of drug-likeness (QED) is 0.650. The molecule has 0 saturated carbocycles. The minimum absolute atomic E-state index is 0.0873. The van der Waals surface area contributed by atoms with Crippen LogP contribution in [-0.2, 0) is 22.7 Å². The summed E-state index contributed by atoms with van der Waals surface area (Å²) in [5, 5.41) is 2.65. The smallest absolute Gasteiger partial charge is 0.316 e. The van der Waals surface area contributed by atoms with E-state index in [0.29, 0.717) is 3.97 Å². The molecule has 0 saturated heterocycles. The highest BCUT2D eigenvalue weighted by Gasteiger charge is 2.38. The van der Waals surface area contributed by atoms with Crippen LogP contribution in [0.4, 0.5) is 17.6 Å². The van der Waals surface area contributed by atoms with Crippen molar-refractivity contribution in [3.05, 3.63) is 66.1 Å². The van der Waals surface area contributed by atoms with E-state index < -0.39 is 39.0 Å². The molecule has 0 atom stereocenters. The van der Waals surface area contributed by atoms with Crippen LogP contribution in [0.25, 0.3) is 11.3 Å². The van der Waals surface area contributed by atoms with E-state index in [-0.39, 0.29) is 17.0 Å². The van der Waals surface area contributed by atoms with E-state index >= 15 is 4.39 Å². The lowest BCUT2D eigenvalue weighted by Crippen LogP contribution is -2.16. The van der Waals surface area contributed by atoms with Gasteiger partial charge in [0.15, 0.2) is 11.5 Å². The Bertz CT molecular complexity index is 1100. The van der Waals surface area contributed by atoms with Gasteiger partial charge in [-0.05, 0) is 31.3 Å². The first-order valence-electron chi connectivity index (χ1n) is 7.90. The van der Waals surface area contributed by atoms with Crippen LogP contribution in [0.5, 0.6) is 0 Å². The van der Waals surface area contributed by atoms with E-state index in [1.807, 2.05) is 0 Å². The van der Waals surface area contributed by atoms with Crippen LogP contribution in [0.2, 0.25) is 0 Å². The maximum absolute atomic E-state index is 15.0. The molecule has 3 aromatic rings. The van der Waals surface area contributed by atoms with E-state index in [1.54, 1.807) is 0 Å². The predicted molar refractivity (Wildman–Crippen MR) is 92.2 cm³/mol. The van der Waals surface area contributed by atoms with Crippen LogP contribution in [0, 0.1) is 5.82 Å². The SMILES string of the molecule is CNCc1cn(S(=O)(=O)c2cccnc2)c(-c2cccnc2C(F)(F)F)c1F. The summed E-state index contributed by atoms with van der Waals surface area (Å²) in [6.07, 6.45) is -0.675. The fourth-order valence-electron chi connectivity index (χ4n) is 2.69. The van der Waals surface area contributed by atoms with Gasteiger partial charge in [0, 0.05) is 42.5 Å². The molecule has 1 N–H and O–H groups in total. The lowest BCUT2D eigenvalue weighted by atomic mass is 10.1. The molecule has 3 aromatic heterocycles. The molecule has 0 radical (unpaired) electrons. The van der Waals surface area contributed by atoms with Gasteiger partial charge in [-0.1, -0.05) is 0 Å². The second kappa shape index (κ2) is 7.32. The molecule has 6 nitrogen and oxygen atoms in total. The minimum Gasteiger partial charge on any atom is -0.316 e. The summed E-state index contributed by atoms with van der Waals surface area (Å²) >= 11 is 0. The molecule has 0 amide bonds. The summed E-state index contributed by atoms with van der Waals surface area (Å²) < 4.78 is 81.7. The molecule has 0 aromatic carbocycles. The van der Waals surface area contributed by atoms with Crippen LogP contribution in [0.1, 0.15) is 11.3 Å². The van der Waals surface area contributed by atoms with E-state index in [2.05, 4.69) is 15.3 Å². The number of alkyl halides is 3. The van der Waals surface area contributed by atoms with E-state index in [0.717, 1.165) is 24.7 Å². The average molecular weight is 414 g/mol. The highest BCUT2D eigenvalue weighted by Crippen LogP contribution is 2.38. The third-order valence-corrected chi connectivity index (χ3v) is 5.52. The molecule has 0 aliphatic heterocycles. The van der Waals surface area contributed by atoms with Gasteiger partial charge in [-0.15, -0.1) is 0 Å². The van der Waals surface area contributed by atoms with Crippen molar-refractivity contribution in [2.24, 2.45) is 0 Å². The van der Waals surface area contributed by atoms with Crippen LogP contribution < -0.4 is 5.32 Å².